The first kappa shape index (κ1) is 21.0. The maximum absolute atomic E-state index is 12.8. The van der Waals surface area contributed by atoms with Crippen molar-refractivity contribution in [1.82, 2.24) is 5.32 Å². The molecule has 0 spiro atoms. The summed E-state index contributed by atoms with van der Waals surface area (Å²) in [7, 11) is 1.34. The fourth-order valence-electron chi connectivity index (χ4n) is 3.55. The molecule has 148 valence electrons. The van der Waals surface area contributed by atoms with E-state index in [0.29, 0.717) is 38.9 Å². The number of nitriles is 1. The molecule has 1 aliphatic rings. The molecule has 0 bridgehead atoms. The molecular formula is C23H20Cl2N2O2. The van der Waals surface area contributed by atoms with Crippen LogP contribution in [0.1, 0.15) is 30.4 Å². The molecule has 6 heteroatoms. The van der Waals surface area contributed by atoms with Gasteiger partial charge in [-0.2, -0.15) is 5.26 Å². The van der Waals surface area contributed by atoms with Crippen LogP contribution in [0.5, 0.6) is 0 Å². The van der Waals surface area contributed by atoms with Crippen LogP contribution in [0.25, 0.3) is 0 Å². The van der Waals surface area contributed by atoms with Gasteiger partial charge >= 0.3 is 5.97 Å². The molecule has 0 aliphatic carbocycles. The number of aryl methyl sites for hydroxylation is 1. The molecule has 2 aromatic rings. The van der Waals surface area contributed by atoms with Gasteiger partial charge in [0.25, 0.3) is 0 Å². The molecular weight excluding hydrogens is 407 g/mol. The molecule has 0 amide bonds. The van der Waals surface area contributed by atoms with Crippen LogP contribution in [0.3, 0.4) is 0 Å². The van der Waals surface area contributed by atoms with Crippen molar-refractivity contribution in [2.75, 3.05) is 7.11 Å². The van der Waals surface area contributed by atoms with Crippen LogP contribution >= 0.6 is 23.2 Å². The predicted octanol–water partition coefficient (Wildman–Crippen LogP) is 5.54. The summed E-state index contributed by atoms with van der Waals surface area (Å²) in [5, 5.41) is 13.9. The third-order valence-corrected chi connectivity index (χ3v) is 5.51. The second-order valence-corrected chi connectivity index (χ2v) is 7.59. The van der Waals surface area contributed by atoms with E-state index in [1.165, 1.54) is 7.11 Å². The fraction of sp³-hybridized carbons (Fsp3) is 0.217. The number of hydrogen-bond acceptors (Lipinski definition) is 4. The Labute approximate surface area is 180 Å². The average Bonchev–Trinajstić information content (AvgIpc) is 2.72. The van der Waals surface area contributed by atoms with E-state index in [4.69, 9.17) is 27.9 Å². The zero-order valence-corrected chi connectivity index (χ0v) is 17.6. The zero-order chi connectivity index (χ0) is 21.0. The molecule has 1 heterocycles. The number of esters is 1. The monoisotopic (exact) mass is 426 g/mol. The van der Waals surface area contributed by atoms with E-state index in [0.717, 1.165) is 17.7 Å². The lowest BCUT2D eigenvalue weighted by Crippen LogP contribution is -2.30. The molecule has 29 heavy (non-hydrogen) atoms. The molecule has 3 rings (SSSR count). The van der Waals surface area contributed by atoms with Crippen LogP contribution in [-0.4, -0.2) is 13.1 Å². The number of carbonyl (C=O) groups is 1. The Kier molecular flexibility index (Phi) is 6.64. The number of hydrogen-bond donors (Lipinski definition) is 1. The van der Waals surface area contributed by atoms with Gasteiger partial charge in [-0.1, -0.05) is 59.6 Å². The van der Waals surface area contributed by atoms with E-state index in [-0.39, 0.29) is 0 Å². The Balaban J connectivity index is 2.11. The molecule has 0 saturated heterocycles. The van der Waals surface area contributed by atoms with Crippen LogP contribution in [-0.2, 0) is 16.0 Å². The van der Waals surface area contributed by atoms with Gasteiger partial charge in [0.1, 0.15) is 0 Å². The smallest absolute Gasteiger partial charge is 0.336 e. The standard InChI is InChI=1S/C23H20Cl2N2O2/c1-14-18(13-26)21(17-10-9-16(24)12-19(17)25)22(23(28)29-2)20(27-14)11-8-15-6-4-3-5-7-15/h3-7,9-10,12,21,27H,8,11H2,1-2H3. The summed E-state index contributed by atoms with van der Waals surface area (Å²) in [4.78, 5) is 12.8. The number of nitrogens with zero attached hydrogens (tertiary/aromatic N) is 1. The molecule has 1 N–H and O–H groups in total. The fourth-order valence-corrected chi connectivity index (χ4v) is 4.07. The summed E-state index contributed by atoms with van der Waals surface area (Å²) < 4.78 is 5.08. The summed E-state index contributed by atoms with van der Waals surface area (Å²) in [5.74, 6) is -1.11. The maximum atomic E-state index is 12.8. The highest BCUT2D eigenvalue weighted by molar-refractivity contribution is 6.35. The Morgan fingerprint density at radius 2 is 1.90 bits per heavy atom. The van der Waals surface area contributed by atoms with Gasteiger partial charge in [-0.25, -0.2) is 4.79 Å². The third kappa shape index (κ3) is 4.48. The lowest BCUT2D eigenvalue weighted by molar-refractivity contribution is -0.136. The summed E-state index contributed by atoms with van der Waals surface area (Å²) in [6.45, 7) is 1.83. The normalized spacial score (nSPS) is 16.3. The number of nitrogens with one attached hydrogen (secondary N) is 1. The minimum absolute atomic E-state index is 0.397. The molecule has 1 atom stereocenters. The highest BCUT2D eigenvalue weighted by atomic mass is 35.5. The molecule has 0 aromatic heterocycles. The molecule has 1 unspecified atom stereocenters. The van der Waals surface area contributed by atoms with Crippen LogP contribution in [0, 0.1) is 11.3 Å². The van der Waals surface area contributed by atoms with Gasteiger partial charge in [0.2, 0.25) is 0 Å². The topological polar surface area (TPSA) is 62.1 Å². The van der Waals surface area contributed by atoms with E-state index < -0.39 is 11.9 Å². The first-order valence-electron chi connectivity index (χ1n) is 9.14. The van der Waals surface area contributed by atoms with Crippen molar-refractivity contribution in [3.05, 3.63) is 92.2 Å². The van der Waals surface area contributed by atoms with Crippen LogP contribution in [0.4, 0.5) is 0 Å². The molecule has 2 aromatic carbocycles. The molecule has 4 nitrogen and oxygen atoms in total. The minimum atomic E-state index is -0.621. The number of dihydropyridines is 1. The molecule has 1 aliphatic heterocycles. The van der Waals surface area contributed by atoms with Gasteiger partial charge in [0.05, 0.1) is 30.2 Å². The molecule has 0 fully saturated rings. The first-order chi connectivity index (χ1) is 14.0. The van der Waals surface area contributed by atoms with E-state index in [2.05, 4.69) is 11.4 Å². The Morgan fingerprint density at radius 3 is 2.52 bits per heavy atom. The third-order valence-electron chi connectivity index (χ3n) is 4.95. The summed E-state index contributed by atoms with van der Waals surface area (Å²) in [6, 6.07) is 17.3. The minimum Gasteiger partial charge on any atom is -0.466 e. The van der Waals surface area contributed by atoms with E-state index in [1.807, 2.05) is 37.3 Å². The van der Waals surface area contributed by atoms with E-state index in [1.54, 1.807) is 18.2 Å². The number of methoxy groups -OCH3 is 1. The van der Waals surface area contributed by atoms with Crippen LogP contribution in [0.15, 0.2) is 71.1 Å². The second-order valence-electron chi connectivity index (χ2n) is 6.74. The number of benzene rings is 2. The summed E-state index contributed by atoms with van der Waals surface area (Å²) >= 11 is 12.5. The van der Waals surface area contributed by atoms with Crippen LogP contribution in [0.2, 0.25) is 10.0 Å². The van der Waals surface area contributed by atoms with Gasteiger partial charge in [-0.05, 0) is 43.0 Å². The first-order valence-corrected chi connectivity index (χ1v) is 9.90. The summed E-state index contributed by atoms with van der Waals surface area (Å²) in [6.07, 6.45) is 1.33. The van der Waals surface area contributed by atoms with Gasteiger partial charge < -0.3 is 10.1 Å². The van der Waals surface area contributed by atoms with Gasteiger partial charge in [-0.3, -0.25) is 0 Å². The SMILES string of the molecule is COC(=O)C1=C(CCc2ccccc2)NC(C)=C(C#N)C1c1ccc(Cl)cc1Cl. The largest absolute Gasteiger partial charge is 0.466 e. The number of carbonyl (C=O) groups excluding carboxylic acids is 1. The Hall–Kier alpha value is -2.74. The van der Waals surface area contributed by atoms with Crippen molar-refractivity contribution in [2.24, 2.45) is 0 Å². The zero-order valence-electron chi connectivity index (χ0n) is 16.1. The van der Waals surface area contributed by atoms with Gasteiger partial charge in [0, 0.05) is 21.4 Å². The van der Waals surface area contributed by atoms with Crippen LogP contribution < -0.4 is 5.32 Å². The van der Waals surface area contributed by atoms with Gasteiger partial charge in [0.15, 0.2) is 0 Å². The number of rotatable bonds is 5. The maximum Gasteiger partial charge on any atom is 0.336 e. The van der Waals surface area contributed by atoms with Crippen molar-refractivity contribution in [3.8, 4) is 6.07 Å². The Morgan fingerprint density at radius 1 is 1.17 bits per heavy atom. The van der Waals surface area contributed by atoms with E-state index in [9.17, 15) is 10.1 Å². The van der Waals surface area contributed by atoms with Gasteiger partial charge in [-0.15, -0.1) is 0 Å². The van der Waals surface area contributed by atoms with Crippen molar-refractivity contribution < 1.29 is 9.53 Å². The number of ether oxygens (including phenoxy) is 1. The highest BCUT2D eigenvalue weighted by Gasteiger charge is 2.36. The average molecular weight is 427 g/mol. The highest BCUT2D eigenvalue weighted by Crippen LogP contribution is 2.42. The second kappa shape index (κ2) is 9.17. The lowest BCUT2D eigenvalue weighted by Gasteiger charge is -2.30. The lowest BCUT2D eigenvalue weighted by atomic mass is 9.80. The predicted molar refractivity (Wildman–Crippen MR) is 114 cm³/mol. The number of halogens is 2. The van der Waals surface area contributed by atoms with Crippen molar-refractivity contribution in [1.29, 1.82) is 5.26 Å². The molecule has 0 saturated carbocycles. The quantitative estimate of drug-likeness (QED) is 0.637. The van der Waals surface area contributed by atoms with E-state index >= 15 is 0 Å². The number of allylic oxidation sites excluding steroid dienone is 3. The van der Waals surface area contributed by atoms with Crippen molar-refractivity contribution in [2.45, 2.75) is 25.7 Å². The summed E-state index contributed by atoms with van der Waals surface area (Å²) in [5.41, 5.74) is 4.05. The Bertz CT molecular complexity index is 1040. The van der Waals surface area contributed by atoms with Crippen molar-refractivity contribution >= 4 is 29.2 Å². The van der Waals surface area contributed by atoms with Crippen molar-refractivity contribution in [3.63, 3.8) is 0 Å². The molecule has 0 radical (unpaired) electrons.